The van der Waals surface area contributed by atoms with E-state index in [1.165, 1.54) is 32.9 Å². The summed E-state index contributed by atoms with van der Waals surface area (Å²) < 4.78 is 9.89. The molecule has 0 unspecified atom stereocenters. The minimum absolute atomic E-state index is 0.327. The molecule has 0 amide bonds. The van der Waals surface area contributed by atoms with Gasteiger partial charge in [0.05, 0.1) is 20.4 Å². The number of aromatic nitrogens is 1. The Balaban J connectivity index is 0.000000583. The van der Waals surface area contributed by atoms with Crippen molar-refractivity contribution in [3.8, 4) is 11.5 Å². The Morgan fingerprint density at radius 1 is 1.27 bits per heavy atom. The molecule has 0 bridgehead atoms. The van der Waals surface area contributed by atoms with Crippen LogP contribution in [0.1, 0.15) is 30.8 Å². The van der Waals surface area contributed by atoms with Gasteiger partial charge in [0.1, 0.15) is 5.69 Å². The van der Waals surface area contributed by atoms with Gasteiger partial charge in [-0.1, -0.05) is 20.3 Å². The number of nitrogens with zero attached hydrogens (tertiary/aromatic N) is 1. The van der Waals surface area contributed by atoms with Gasteiger partial charge in [-0.15, -0.1) is 0 Å². The zero-order valence-electron chi connectivity index (χ0n) is 9.61. The number of aldehydes is 1. The minimum Gasteiger partial charge on any atom is -0.493 e. The van der Waals surface area contributed by atoms with Crippen LogP contribution in [0, 0.1) is 0 Å². The van der Waals surface area contributed by atoms with Crippen molar-refractivity contribution in [1.82, 2.24) is 4.98 Å². The van der Waals surface area contributed by atoms with Gasteiger partial charge >= 0.3 is 0 Å². The van der Waals surface area contributed by atoms with Crippen molar-refractivity contribution in [2.75, 3.05) is 14.2 Å². The molecule has 1 rings (SSSR count). The lowest BCUT2D eigenvalue weighted by Gasteiger charge is -2.05. The summed E-state index contributed by atoms with van der Waals surface area (Å²) in [6.45, 7) is 4.25. The molecular formula is C11H17NO3. The normalized spacial score (nSPS) is 8.53. The van der Waals surface area contributed by atoms with Gasteiger partial charge in [0.2, 0.25) is 0 Å². The molecule has 1 heterocycles. The molecular weight excluding hydrogens is 194 g/mol. The van der Waals surface area contributed by atoms with E-state index >= 15 is 0 Å². The van der Waals surface area contributed by atoms with E-state index in [4.69, 9.17) is 9.47 Å². The quantitative estimate of drug-likeness (QED) is 0.720. The van der Waals surface area contributed by atoms with Crippen LogP contribution in [0.15, 0.2) is 12.3 Å². The Morgan fingerprint density at radius 2 is 1.80 bits per heavy atom. The Morgan fingerprint density at radius 3 is 2.20 bits per heavy atom. The van der Waals surface area contributed by atoms with E-state index in [-0.39, 0.29) is 0 Å². The maximum Gasteiger partial charge on any atom is 0.179 e. The number of carbonyl (C=O) groups is 1. The van der Waals surface area contributed by atoms with Gasteiger partial charge in [0.25, 0.3) is 0 Å². The number of methoxy groups -OCH3 is 2. The van der Waals surface area contributed by atoms with E-state index in [0.29, 0.717) is 23.5 Å². The first kappa shape index (κ1) is 13.4. The van der Waals surface area contributed by atoms with Crippen LogP contribution >= 0.6 is 0 Å². The summed E-state index contributed by atoms with van der Waals surface area (Å²) in [6, 6.07) is 1.52. The van der Waals surface area contributed by atoms with Crippen LogP contribution in [0.4, 0.5) is 0 Å². The van der Waals surface area contributed by atoms with Gasteiger partial charge < -0.3 is 9.47 Å². The number of carbonyl (C=O) groups excluding carboxylic acids is 1. The number of pyridine rings is 1. The lowest BCUT2D eigenvalue weighted by molar-refractivity contribution is 0.111. The van der Waals surface area contributed by atoms with Crippen molar-refractivity contribution in [2.45, 2.75) is 20.3 Å². The Hall–Kier alpha value is -1.58. The second-order valence-electron chi connectivity index (χ2n) is 2.79. The monoisotopic (exact) mass is 211 g/mol. The maximum absolute atomic E-state index is 10.3. The van der Waals surface area contributed by atoms with Crippen molar-refractivity contribution >= 4 is 6.29 Å². The molecule has 0 aromatic carbocycles. The predicted octanol–water partition coefficient (Wildman–Crippen LogP) is 2.33. The van der Waals surface area contributed by atoms with Crippen LogP contribution in [-0.4, -0.2) is 25.5 Å². The smallest absolute Gasteiger partial charge is 0.179 e. The highest BCUT2D eigenvalue weighted by atomic mass is 16.5. The number of ether oxygens (including phenoxy) is 2. The van der Waals surface area contributed by atoms with E-state index in [0.717, 1.165) is 0 Å². The van der Waals surface area contributed by atoms with Gasteiger partial charge in [-0.25, -0.2) is 4.98 Å². The molecule has 15 heavy (non-hydrogen) atoms. The lowest BCUT2D eigenvalue weighted by Crippen LogP contribution is -1.94. The summed E-state index contributed by atoms with van der Waals surface area (Å²) in [5.74, 6) is 1.03. The molecule has 1 aromatic heterocycles. The number of rotatable bonds is 3. The van der Waals surface area contributed by atoms with E-state index in [9.17, 15) is 4.79 Å². The molecule has 0 saturated heterocycles. The molecule has 4 nitrogen and oxygen atoms in total. The predicted molar refractivity (Wildman–Crippen MR) is 58.7 cm³/mol. The molecule has 4 heteroatoms. The standard InChI is InChI=1S/C8H9NO3.C3H8/c1-11-7-3-6(5-10)9-4-8(7)12-2;1-3-2/h3-5H,1-2H3;3H2,1-2H3. The summed E-state index contributed by atoms with van der Waals surface area (Å²) in [6.07, 6.45) is 3.35. The van der Waals surface area contributed by atoms with Crippen molar-refractivity contribution in [3.63, 3.8) is 0 Å². The van der Waals surface area contributed by atoms with Gasteiger partial charge in [-0.2, -0.15) is 0 Å². The third-order valence-electron chi connectivity index (χ3n) is 1.41. The Bertz CT molecular complexity index is 300. The molecule has 0 radical (unpaired) electrons. The fourth-order valence-electron chi connectivity index (χ4n) is 0.817. The van der Waals surface area contributed by atoms with Crippen LogP contribution in [0.25, 0.3) is 0 Å². The fraction of sp³-hybridized carbons (Fsp3) is 0.455. The SMILES string of the molecule is CCC.COc1cnc(C=O)cc1OC. The zero-order valence-corrected chi connectivity index (χ0v) is 9.61. The summed E-state index contributed by atoms with van der Waals surface area (Å²) >= 11 is 0. The highest BCUT2D eigenvalue weighted by Gasteiger charge is 2.04. The van der Waals surface area contributed by atoms with Crippen molar-refractivity contribution < 1.29 is 14.3 Å². The molecule has 84 valence electrons. The summed E-state index contributed by atoms with van der Waals surface area (Å²) in [4.78, 5) is 14.1. The fourth-order valence-corrected chi connectivity index (χ4v) is 0.817. The van der Waals surface area contributed by atoms with Crippen LogP contribution in [0.3, 0.4) is 0 Å². The van der Waals surface area contributed by atoms with Crippen LogP contribution in [-0.2, 0) is 0 Å². The molecule has 0 spiro atoms. The minimum atomic E-state index is 0.327. The first-order chi connectivity index (χ1) is 7.23. The van der Waals surface area contributed by atoms with Gasteiger partial charge in [-0.05, 0) is 0 Å². The molecule has 0 saturated carbocycles. The second kappa shape index (κ2) is 7.79. The van der Waals surface area contributed by atoms with E-state index in [1.54, 1.807) is 0 Å². The topological polar surface area (TPSA) is 48.4 Å². The second-order valence-corrected chi connectivity index (χ2v) is 2.79. The molecule has 0 aliphatic heterocycles. The van der Waals surface area contributed by atoms with Crippen LogP contribution in [0.2, 0.25) is 0 Å². The van der Waals surface area contributed by atoms with Gasteiger partial charge in [0.15, 0.2) is 17.8 Å². The highest BCUT2D eigenvalue weighted by Crippen LogP contribution is 2.24. The van der Waals surface area contributed by atoms with Crippen LogP contribution in [0.5, 0.6) is 11.5 Å². The molecule has 0 fully saturated rings. The number of hydrogen-bond donors (Lipinski definition) is 0. The summed E-state index contributed by atoms with van der Waals surface area (Å²) in [5.41, 5.74) is 0.327. The van der Waals surface area contributed by atoms with Crippen LogP contribution < -0.4 is 9.47 Å². The van der Waals surface area contributed by atoms with Crippen molar-refractivity contribution in [1.29, 1.82) is 0 Å². The molecule has 0 N–H and O–H groups in total. The van der Waals surface area contributed by atoms with Gasteiger partial charge in [0, 0.05) is 6.07 Å². The number of hydrogen-bond acceptors (Lipinski definition) is 4. The highest BCUT2D eigenvalue weighted by molar-refractivity contribution is 5.73. The Labute approximate surface area is 90.2 Å². The average molecular weight is 211 g/mol. The average Bonchev–Trinajstić information content (AvgIpc) is 2.29. The molecule has 0 atom stereocenters. The molecule has 1 aromatic rings. The van der Waals surface area contributed by atoms with E-state index in [2.05, 4.69) is 18.8 Å². The molecule has 0 aliphatic rings. The zero-order chi connectivity index (χ0) is 11.7. The van der Waals surface area contributed by atoms with Gasteiger partial charge in [-0.3, -0.25) is 4.79 Å². The first-order valence-electron chi connectivity index (χ1n) is 4.76. The van der Waals surface area contributed by atoms with E-state index < -0.39 is 0 Å². The van der Waals surface area contributed by atoms with Crippen molar-refractivity contribution in [2.24, 2.45) is 0 Å². The third-order valence-corrected chi connectivity index (χ3v) is 1.41. The summed E-state index contributed by atoms with van der Waals surface area (Å²) in [5, 5.41) is 0. The van der Waals surface area contributed by atoms with Crippen molar-refractivity contribution in [3.05, 3.63) is 18.0 Å². The molecule has 0 aliphatic carbocycles. The lowest BCUT2D eigenvalue weighted by atomic mass is 10.3. The summed E-state index contributed by atoms with van der Waals surface area (Å²) in [7, 11) is 3.02. The van der Waals surface area contributed by atoms with E-state index in [1.807, 2.05) is 0 Å². The largest absolute Gasteiger partial charge is 0.493 e. The third kappa shape index (κ3) is 4.44. The maximum atomic E-state index is 10.3. The first-order valence-corrected chi connectivity index (χ1v) is 4.76. The Kier molecular flexibility index (Phi) is 6.97.